The predicted molar refractivity (Wildman–Crippen MR) is 58.4 cm³/mol. The van der Waals surface area contributed by atoms with E-state index >= 15 is 0 Å². The zero-order valence-corrected chi connectivity index (χ0v) is 9.24. The molecule has 5 heteroatoms. The number of hydrogen-bond acceptors (Lipinski definition) is 4. The first-order valence-electron chi connectivity index (χ1n) is 5.63. The molecule has 3 N–H and O–H groups in total. The topological polar surface area (TPSA) is 81.2 Å². The van der Waals surface area contributed by atoms with Crippen LogP contribution in [0.1, 0.15) is 37.9 Å². The summed E-state index contributed by atoms with van der Waals surface area (Å²) in [6.45, 7) is 0.384. The van der Waals surface area contributed by atoms with Crippen LogP contribution in [0.4, 0.5) is 0 Å². The smallest absolute Gasteiger partial charge is 0.222 e. The van der Waals surface area contributed by atoms with E-state index in [0.29, 0.717) is 18.7 Å². The molecule has 1 saturated carbocycles. The Bertz CT molecular complexity index is 342. The Morgan fingerprint density at radius 1 is 1.56 bits per heavy atom. The average Bonchev–Trinajstić information content (AvgIpc) is 2.86. The van der Waals surface area contributed by atoms with E-state index in [0.717, 1.165) is 25.7 Å². The summed E-state index contributed by atoms with van der Waals surface area (Å²) in [6, 6.07) is 1.73. The minimum atomic E-state index is -0.286. The fourth-order valence-corrected chi connectivity index (χ4v) is 2.16. The zero-order valence-electron chi connectivity index (χ0n) is 9.24. The third kappa shape index (κ3) is 2.82. The Balaban J connectivity index is 1.76. The number of amides is 1. The second-order valence-electron chi connectivity index (χ2n) is 4.50. The van der Waals surface area contributed by atoms with Gasteiger partial charge in [-0.3, -0.25) is 4.79 Å². The molecule has 88 valence electrons. The van der Waals surface area contributed by atoms with E-state index in [1.165, 1.54) is 0 Å². The number of nitrogens with one attached hydrogen (secondary N) is 1. The number of carbonyl (C=O) groups is 1. The van der Waals surface area contributed by atoms with Crippen LogP contribution >= 0.6 is 0 Å². The van der Waals surface area contributed by atoms with Crippen LogP contribution in [0, 0.1) is 0 Å². The third-order valence-corrected chi connectivity index (χ3v) is 3.06. The lowest BCUT2D eigenvalue weighted by Gasteiger charge is -2.22. The molecule has 0 saturated heterocycles. The molecule has 1 aliphatic rings. The van der Waals surface area contributed by atoms with E-state index in [1.54, 1.807) is 12.3 Å². The summed E-state index contributed by atoms with van der Waals surface area (Å²) in [5.74, 6) is 0.645. The maximum absolute atomic E-state index is 11.6. The van der Waals surface area contributed by atoms with E-state index in [4.69, 9.17) is 10.3 Å². The summed E-state index contributed by atoms with van der Waals surface area (Å²) in [6.07, 6.45) is 6.12. The number of nitrogens with two attached hydrogens (primary N) is 1. The quantitative estimate of drug-likeness (QED) is 0.796. The van der Waals surface area contributed by atoms with Crippen LogP contribution in [-0.4, -0.2) is 16.6 Å². The Hall–Kier alpha value is -1.36. The highest BCUT2D eigenvalue weighted by atomic mass is 16.5. The fraction of sp³-hybridized carbons (Fsp3) is 0.636. The molecule has 0 radical (unpaired) electrons. The molecule has 1 amide bonds. The summed E-state index contributed by atoms with van der Waals surface area (Å²) in [4.78, 5) is 11.6. The highest BCUT2D eigenvalue weighted by Gasteiger charge is 2.31. The van der Waals surface area contributed by atoms with Crippen LogP contribution in [0.15, 0.2) is 16.8 Å². The van der Waals surface area contributed by atoms with Gasteiger partial charge in [0.25, 0.3) is 0 Å². The van der Waals surface area contributed by atoms with Gasteiger partial charge in [-0.1, -0.05) is 18.0 Å². The molecule has 1 aliphatic carbocycles. The third-order valence-electron chi connectivity index (χ3n) is 3.06. The summed E-state index contributed by atoms with van der Waals surface area (Å²) >= 11 is 0. The van der Waals surface area contributed by atoms with E-state index in [1.807, 2.05) is 0 Å². The highest BCUT2D eigenvalue weighted by Crippen LogP contribution is 2.29. The SMILES string of the molecule is NC1(CC(=O)NCc2ccno2)CCCC1. The van der Waals surface area contributed by atoms with Crippen molar-refractivity contribution in [2.45, 2.75) is 44.2 Å². The summed E-state index contributed by atoms with van der Waals surface area (Å²) in [5, 5.41) is 6.35. The Morgan fingerprint density at radius 2 is 2.31 bits per heavy atom. The normalized spacial score (nSPS) is 18.6. The lowest BCUT2D eigenvalue weighted by Crippen LogP contribution is -2.41. The van der Waals surface area contributed by atoms with Crippen LogP contribution in [0.3, 0.4) is 0 Å². The Labute approximate surface area is 94.4 Å². The first-order valence-corrected chi connectivity index (χ1v) is 5.63. The minimum Gasteiger partial charge on any atom is -0.360 e. The molecule has 0 aromatic carbocycles. The molecular weight excluding hydrogens is 206 g/mol. The molecule has 2 rings (SSSR count). The minimum absolute atomic E-state index is 0.0131. The van der Waals surface area contributed by atoms with Crippen LogP contribution < -0.4 is 11.1 Å². The second kappa shape index (κ2) is 4.65. The summed E-state index contributed by atoms with van der Waals surface area (Å²) in [5.41, 5.74) is 5.83. The van der Waals surface area contributed by atoms with Gasteiger partial charge in [0, 0.05) is 18.0 Å². The van der Waals surface area contributed by atoms with E-state index < -0.39 is 0 Å². The molecule has 0 unspecified atom stereocenters. The summed E-state index contributed by atoms with van der Waals surface area (Å²) < 4.78 is 4.88. The molecule has 0 atom stereocenters. The largest absolute Gasteiger partial charge is 0.360 e. The van der Waals surface area contributed by atoms with Crippen molar-refractivity contribution in [3.05, 3.63) is 18.0 Å². The number of carbonyl (C=O) groups excluding carboxylic acids is 1. The number of rotatable bonds is 4. The molecular formula is C11H17N3O2. The van der Waals surface area contributed by atoms with Gasteiger partial charge in [0.05, 0.1) is 12.7 Å². The molecule has 1 heterocycles. The lowest BCUT2D eigenvalue weighted by molar-refractivity contribution is -0.122. The Kier molecular flexibility index (Phi) is 3.24. The van der Waals surface area contributed by atoms with Gasteiger partial charge in [0.1, 0.15) is 0 Å². The molecule has 5 nitrogen and oxygen atoms in total. The highest BCUT2D eigenvalue weighted by molar-refractivity contribution is 5.77. The van der Waals surface area contributed by atoms with Crippen molar-refractivity contribution in [2.24, 2.45) is 5.73 Å². The van der Waals surface area contributed by atoms with Crippen molar-refractivity contribution >= 4 is 5.91 Å². The van der Waals surface area contributed by atoms with Crippen LogP contribution in [0.5, 0.6) is 0 Å². The van der Waals surface area contributed by atoms with Gasteiger partial charge in [0.15, 0.2) is 5.76 Å². The first kappa shape index (κ1) is 11.1. The van der Waals surface area contributed by atoms with E-state index in [-0.39, 0.29) is 11.4 Å². The number of aromatic nitrogens is 1. The standard InChI is InChI=1S/C11H17N3O2/c12-11(4-1-2-5-11)7-10(15)13-8-9-3-6-14-16-9/h3,6H,1-2,4-5,7-8,12H2,(H,13,15). The first-order chi connectivity index (χ1) is 7.68. The van der Waals surface area contributed by atoms with E-state index in [2.05, 4.69) is 10.5 Å². The molecule has 1 fully saturated rings. The lowest BCUT2D eigenvalue weighted by atomic mass is 9.94. The van der Waals surface area contributed by atoms with Crippen molar-refractivity contribution < 1.29 is 9.32 Å². The monoisotopic (exact) mass is 223 g/mol. The Morgan fingerprint density at radius 3 is 2.94 bits per heavy atom. The van der Waals surface area contributed by atoms with Gasteiger partial charge in [-0.05, 0) is 12.8 Å². The molecule has 0 bridgehead atoms. The van der Waals surface area contributed by atoms with Crippen molar-refractivity contribution in [1.29, 1.82) is 0 Å². The molecule has 1 aromatic heterocycles. The maximum Gasteiger partial charge on any atom is 0.222 e. The number of hydrogen-bond donors (Lipinski definition) is 2. The average molecular weight is 223 g/mol. The maximum atomic E-state index is 11.6. The molecule has 0 spiro atoms. The van der Waals surface area contributed by atoms with Gasteiger partial charge in [-0.2, -0.15) is 0 Å². The van der Waals surface area contributed by atoms with Crippen molar-refractivity contribution in [2.75, 3.05) is 0 Å². The second-order valence-corrected chi connectivity index (χ2v) is 4.50. The van der Waals surface area contributed by atoms with Gasteiger partial charge >= 0.3 is 0 Å². The van der Waals surface area contributed by atoms with Crippen molar-refractivity contribution in [3.63, 3.8) is 0 Å². The van der Waals surface area contributed by atoms with Gasteiger partial charge in [0.2, 0.25) is 5.91 Å². The predicted octanol–water partition coefficient (Wildman–Crippen LogP) is 0.952. The fourth-order valence-electron chi connectivity index (χ4n) is 2.16. The number of nitrogens with zero attached hydrogens (tertiary/aromatic N) is 1. The van der Waals surface area contributed by atoms with Gasteiger partial charge in [-0.25, -0.2) is 0 Å². The van der Waals surface area contributed by atoms with Crippen LogP contribution in [0.25, 0.3) is 0 Å². The van der Waals surface area contributed by atoms with Gasteiger partial charge < -0.3 is 15.6 Å². The summed E-state index contributed by atoms with van der Waals surface area (Å²) in [7, 11) is 0. The van der Waals surface area contributed by atoms with Crippen molar-refractivity contribution in [1.82, 2.24) is 10.5 Å². The van der Waals surface area contributed by atoms with Crippen LogP contribution in [0.2, 0.25) is 0 Å². The molecule has 0 aliphatic heterocycles. The zero-order chi connectivity index (χ0) is 11.4. The van der Waals surface area contributed by atoms with E-state index in [9.17, 15) is 4.79 Å². The molecule has 1 aromatic rings. The van der Waals surface area contributed by atoms with Gasteiger partial charge in [-0.15, -0.1) is 0 Å². The van der Waals surface area contributed by atoms with Crippen molar-refractivity contribution in [3.8, 4) is 0 Å². The van der Waals surface area contributed by atoms with Crippen LogP contribution in [-0.2, 0) is 11.3 Å². The molecule has 16 heavy (non-hydrogen) atoms.